The van der Waals surface area contributed by atoms with E-state index in [9.17, 15) is 9.59 Å². The van der Waals surface area contributed by atoms with Crippen LogP contribution >= 0.6 is 0 Å². The number of hydrogen-bond donors (Lipinski definition) is 1. The van der Waals surface area contributed by atoms with E-state index in [-0.39, 0.29) is 28.9 Å². The highest BCUT2D eigenvalue weighted by molar-refractivity contribution is 5.83. The molecule has 164 valence electrons. The van der Waals surface area contributed by atoms with Gasteiger partial charge in [-0.1, -0.05) is 19.9 Å². The number of carbonyl (C=O) groups excluding carboxylic acids is 2. The molecule has 5 aliphatic carbocycles. The van der Waals surface area contributed by atoms with Crippen molar-refractivity contribution < 1.29 is 14.3 Å². The molecule has 7 atom stereocenters. The number of ether oxygens (including phenoxy) is 1. The fraction of sp³-hybridized carbons (Fsp3) is 0.846. The summed E-state index contributed by atoms with van der Waals surface area (Å²) in [6.45, 7) is 4.78. The van der Waals surface area contributed by atoms with Gasteiger partial charge >= 0.3 is 5.97 Å². The number of rotatable bonds is 2. The molecule has 1 amide bonds. The number of fused-ring (bicyclic) bond motifs is 7. The predicted octanol–water partition coefficient (Wildman–Crippen LogP) is 4.78. The van der Waals surface area contributed by atoms with E-state index in [0.29, 0.717) is 29.1 Å². The van der Waals surface area contributed by atoms with Crippen molar-refractivity contribution in [3.05, 3.63) is 12.2 Å². The molecule has 0 aromatic heterocycles. The lowest BCUT2D eigenvalue weighted by Crippen LogP contribution is -2.54. The maximum Gasteiger partial charge on any atom is 0.330 e. The van der Waals surface area contributed by atoms with Gasteiger partial charge in [-0.15, -0.1) is 0 Å². The van der Waals surface area contributed by atoms with E-state index in [1.807, 2.05) is 0 Å². The molecule has 2 unspecified atom stereocenters. The van der Waals surface area contributed by atoms with E-state index >= 15 is 0 Å². The molecule has 0 radical (unpaired) electrons. The van der Waals surface area contributed by atoms with Gasteiger partial charge in [0, 0.05) is 22.9 Å². The summed E-state index contributed by atoms with van der Waals surface area (Å²) < 4.78 is 5.75. The highest BCUT2D eigenvalue weighted by Crippen LogP contribution is 2.65. The molecule has 5 saturated carbocycles. The average molecular weight is 412 g/mol. The van der Waals surface area contributed by atoms with Crippen LogP contribution < -0.4 is 5.32 Å². The van der Waals surface area contributed by atoms with Crippen LogP contribution in [0.3, 0.4) is 0 Å². The number of nitrogens with one attached hydrogen (secondary N) is 1. The standard InChI is InChI=1S/C26H37NO3/c1-24-9-7-19-18(3-4-21-25(19,2)10-8-22(28)30-21)20(24)13-17(15-24)23(29)27-26-11-5-16(14-26)6-12-26/h8,10,16-21H,3-7,9,11-15H2,1-2H3,(H,27,29)/t16?,17?,18-,19-,20+,21?,24-,25-,26?/m1/s1. The first kappa shape index (κ1) is 19.4. The van der Waals surface area contributed by atoms with Gasteiger partial charge in [0.2, 0.25) is 5.91 Å². The zero-order chi connectivity index (χ0) is 20.7. The lowest BCUT2D eigenvalue weighted by atomic mass is 9.49. The molecular formula is C26H37NO3. The van der Waals surface area contributed by atoms with Crippen molar-refractivity contribution in [2.24, 2.45) is 40.4 Å². The third-order valence-electron chi connectivity index (χ3n) is 10.8. The Morgan fingerprint density at radius 1 is 1.03 bits per heavy atom. The second-order valence-corrected chi connectivity index (χ2v) is 12.3. The van der Waals surface area contributed by atoms with Crippen LogP contribution in [0.4, 0.5) is 0 Å². The van der Waals surface area contributed by atoms with Crippen molar-refractivity contribution in [2.75, 3.05) is 0 Å². The van der Waals surface area contributed by atoms with Crippen molar-refractivity contribution in [1.82, 2.24) is 5.32 Å². The monoisotopic (exact) mass is 411 g/mol. The third kappa shape index (κ3) is 2.70. The molecule has 4 heteroatoms. The van der Waals surface area contributed by atoms with E-state index in [1.54, 1.807) is 6.08 Å². The molecule has 1 aliphatic heterocycles. The lowest BCUT2D eigenvalue weighted by Gasteiger charge is -2.57. The second kappa shape index (κ2) is 6.36. The number of hydrogen-bond acceptors (Lipinski definition) is 3. The van der Waals surface area contributed by atoms with Crippen LogP contribution in [0.1, 0.15) is 84.5 Å². The van der Waals surface area contributed by atoms with Crippen molar-refractivity contribution in [2.45, 2.75) is 96.1 Å². The summed E-state index contributed by atoms with van der Waals surface area (Å²) in [5, 5.41) is 3.57. The van der Waals surface area contributed by atoms with Crippen molar-refractivity contribution in [3.63, 3.8) is 0 Å². The van der Waals surface area contributed by atoms with Gasteiger partial charge < -0.3 is 10.1 Å². The molecule has 0 spiro atoms. The van der Waals surface area contributed by atoms with Crippen LogP contribution in [0.5, 0.6) is 0 Å². The van der Waals surface area contributed by atoms with Gasteiger partial charge in [0.15, 0.2) is 0 Å². The first-order valence-corrected chi connectivity index (χ1v) is 12.5. The summed E-state index contributed by atoms with van der Waals surface area (Å²) in [6.07, 6.45) is 16.8. The summed E-state index contributed by atoms with van der Waals surface area (Å²) in [7, 11) is 0. The molecule has 0 saturated heterocycles. The van der Waals surface area contributed by atoms with Gasteiger partial charge in [0.1, 0.15) is 6.10 Å². The zero-order valence-electron chi connectivity index (χ0n) is 18.6. The molecule has 6 aliphatic rings. The molecule has 0 aromatic carbocycles. The van der Waals surface area contributed by atoms with Crippen LogP contribution in [-0.2, 0) is 14.3 Å². The Labute approximate surface area is 180 Å². The molecule has 30 heavy (non-hydrogen) atoms. The lowest BCUT2D eigenvalue weighted by molar-refractivity contribution is -0.166. The first-order valence-electron chi connectivity index (χ1n) is 12.5. The van der Waals surface area contributed by atoms with Crippen LogP contribution in [-0.4, -0.2) is 23.5 Å². The molecule has 6 rings (SSSR count). The topological polar surface area (TPSA) is 55.4 Å². The van der Waals surface area contributed by atoms with Gasteiger partial charge in [0.25, 0.3) is 0 Å². The Morgan fingerprint density at radius 2 is 1.83 bits per heavy atom. The minimum atomic E-state index is -0.172. The Hall–Kier alpha value is -1.32. The first-order chi connectivity index (χ1) is 14.3. The Kier molecular flexibility index (Phi) is 4.10. The van der Waals surface area contributed by atoms with Gasteiger partial charge in [-0.2, -0.15) is 0 Å². The average Bonchev–Trinajstić information content (AvgIpc) is 3.40. The summed E-state index contributed by atoms with van der Waals surface area (Å²) in [5.74, 6) is 3.11. The molecular weight excluding hydrogens is 374 g/mol. The normalized spacial score (nSPS) is 53.6. The highest BCUT2D eigenvalue weighted by Gasteiger charge is 2.60. The Bertz CT molecular complexity index is 796. The van der Waals surface area contributed by atoms with Gasteiger partial charge in [0.05, 0.1) is 0 Å². The summed E-state index contributed by atoms with van der Waals surface area (Å²) >= 11 is 0. The highest BCUT2D eigenvalue weighted by atomic mass is 16.5. The SMILES string of the molecule is C[C@]12CC[C@@H]3[C@@H](CCC4OC(=O)C=C[C@@]43C)[C@@H]1CC(C(=O)NC13CCC(CC1)C3)C2. The van der Waals surface area contributed by atoms with Crippen LogP contribution in [0, 0.1) is 40.4 Å². The van der Waals surface area contributed by atoms with E-state index in [1.165, 1.54) is 44.9 Å². The van der Waals surface area contributed by atoms with E-state index in [4.69, 9.17) is 4.74 Å². The molecule has 4 nitrogen and oxygen atoms in total. The van der Waals surface area contributed by atoms with Gasteiger partial charge in [-0.05, 0) is 99.7 Å². The molecule has 0 aromatic rings. The summed E-state index contributed by atoms with van der Waals surface area (Å²) in [5.41, 5.74) is 0.411. The van der Waals surface area contributed by atoms with E-state index in [2.05, 4.69) is 25.2 Å². The Balaban J connectivity index is 1.21. The van der Waals surface area contributed by atoms with Crippen LogP contribution in [0.2, 0.25) is 0 Å². The number of esters is 1. The Morgan fingerprint density at radius 3 is 2.57 bits per heavy atom. The van der Waals surface area contributed by atoms with Crippen LogP contribution in [0.15, 0.2) is 12.2 Å². The maximum absolute atomic E-state index is 13.4. The summed E-state index contributed by atoms with van der Waals surface area (Å²) in [6, 6.07) is 0. The van der Waals surface area contributed by atoms with Crippen molar-refractivity contribution >= 4 is 11.9 Å². The molecule has 5 fully saturated rings. The molecule has 2 bridgehead atoms. The smallest absolute Gasteiger partial charge is 0.330 e. The predicted molar refractivity (Wildman–Crippen MR) is 114 cm³/mol. The third-order valence-corrected chi connectivity index (χ3v) is 10.8. The van der Waals surface area contributed by atoms with Crippen molar-refractivity contribution in [3.8, 4) is 0 Å². The minimum Gasteiger partial charge on any atom is -0.458 e. The number of carbonyl (C=O) groups is 2. The quantitative estimate of drug-likeness (QED) is 0.666. The van der Waals surface area contributed by atoms with E-state index in [0.717, 1.165) is 31.6 Å². The maximum atomic E-state index is 13.4. The van der Waals surface area contributed by atoms with Gasteiger partial charge in [-0.3, -0.25) is 4.79 Å². The van der Waals surface area contributed by atoms with Crippen molar-refractivity contribution in [1.29, 1.82) is 0 Å². The summed E-state index contributed by atoms with van der Waals surface area (Å²) in [4.78, 5) is 25.2. The van der Waals surface area contributed by atoms with Gasteiger partial charge in [-0.25, -0.2) is 4.79 Å². The largest absolute Gasteiger partial charge is 0.458 e. The fourth-order valence-electron chi connectivity index (χ4n) is 9.19. The molecule has 1 N–H and O–H groups in total. The second-order valence-electron chi connectivity index (χ2n) is 12.3. The zero-order valence-corrected chi connectivity index (χ0v) is 18.6. The van der Waals surface area contributed by atoms with E-state index < -0.39 is 0 Å². The fourth-order valence-corrected chi connectivity index (χ4v) is 9.19. The number of amides is 1. The minimum absolute atomic E-state index is 0.0276. The molecule has 1 heterocycles. The van der Waals surface area contributed by atoms with Crippen LogP contribution in [0.25, 0.3) is 0 Å².